The molecule has 7 rings (SSSR count). The fraction of sp³-hybridized carbons (Fsp3) is 0.486. The second-order valence-corrected chi connectivity index (χ2v) is 13.3. The second kappa shape index (κ2) is 12.3. The first-order valence-electron chi connectivity index (χ1n) is 16.4. The van der Waals surface area contributed by atoms with Crippen molar-refractivity contribution in [2.75, 3.05) is 23.8 Å². The number of carbonyl (C=O) groups excluding carboxylic acids is 2. The van der Waals surface area contributed by atoms with E-state index in [2.05, 4.69) is 51.5 Å². The van der Waals surface area contributed by atoms with Crippen molar-refractivity contribution >= 4 is 29.1 Å². The van der Waals surface area contributed by atoms with Crippen LogP contribution in [0.2, 0.25) is 0 Å². The van der Waals surface area contributed by atoms with E-state index in [1.165, 1.54) is 31.2 Å². The number of fused-ring (bicyclic) bond motifs is 2. The number of amides is 2. The fourth-order valence-electron chi connectivity index (χ4n) is 7.42. The number of nitrogens with zero attached hydrogens (tertiary/aromatic N) is 4. The van der Waals surface area contributed by atoms with Gasteiger partial charge in [0.15, 0.2) is 11.5 Å². The summed E-state index contributed by atoms with van der Waals surface area (Å²) in [5.74, 6) is 1.70. The van der Waals surface area contributed by atoms with Crippen LogP contribution in [0.3, 0.4) is 0 Å². The third-order valence-electron chi connectivity index (χ3n) is 10.3. The van der Waals surface area contributed by atoms with Gasteiger partial charge in [0.05, 0.1) is 6.20 Å². The number of primary amides is 1. The Bertz CT molecular complexity index is 1530. The van der Waals surface area contributed by atoms with Crippen LogP contribution in [0.5, 0.6) is 5.75 Å². The Kier molecular flexibility index (Phi) is 8.08. The molecule has 0 spiro atoms. The first kappa shape index (κ1) is 29.5. The molecule has 5 atom stereocenters. The first-order chi connectivity index (χ1) is 21.8. The molecule has 3 aromatic rings. The number of hydrogen-bond donors (Lipinski definition) is 3. The summed E-state index contributed by atoms with van der Waals surface area (Å²) in [7, 11) is 2.23. The number of anilines is 3. The van der Waals surface area contributed by atoms with Crippen molar-refractivity contribution in [2.45, 2.75) is 94.5 Å². The van der Waals surface area contributed by atoms with Gasteiger partial charge in [0, 0.05) is 42.0 Å². The van der Waals surface area contributed by atoms with Crippen LogP contribution in [-0.2, 0) is 0 Å². The number of nitrogens with one attached hydrogen (secondary N) is 2. The maximum atomic E-state index is 13.1. The van der Waals surface area contributed by atoms with E-state index in [0.717, 1.165) is 43.7 Å². The Morgan fingerprint density at radius 2 is 1.67 bits per heavy atom. The summed E-state index contributed by atoms with van der Waals surface area (Å²) in [6.07, 6.45) is 10.7. The van der Waals surface area contributed by atoms with Gasteiger partial charge >= 0.3 is 0 Å². The summed E-state index contributed by atoms with van der Waals surface area (Å²) in [6.45, 7) is 2.85. The molecular weight excluding hydrogens is 566 g/mol. The highest BCUT2D eigenvalue weighted by molar-refractivity contribution is 5.96. The summed E-state index contributed by atoms with van der Waals surface area (Å²) >= 11 is 0. The van der Waals surface area contributed by atoms with Crippen LogP contribution in [0.4, 0.5) is 17.3 Å². The second-order valence-electron chi connectivity index (χ2n) is 13.3. The molecule has 4 aliphatic rings. The smallest absolute Gasteiger partial charge is 0.271 e. The Hall–Kier alpha value is -4.18. The Morgan fingerprint density at radius 1 is 0.956 bits per heavy atom. The standard InChI is InChI=1S/C35H43N7O3/c1-21-30(39-35(44)24-9-7-23(8-10-24)22-5-6-22)4-3-17-42(21)31-20-37-32(33(36)43)34(40-31)38-25-11-15-28(16-12-25)45-29-18-26-13-14-27(19-29)41(26)2/h7-12,15-16,20-22,26-27,29-30H,3-6,13-14,17-19H2,1-2H3,(H2,36,43)(H,38,40)(H,39,44)/t21-,26-,27+,29+,30-/m1/s1. The van der Waals surface area contributed by atoms with E-state index in [-0.39, 0.29) is 29.8 Å². The minimum absolute atomic E-state index is 0.0266. The summed E-state index contributed by atoms with van der Waals surface area (Å²) in [5, 5.41) is 6.50. The summed E-state index contributed by atoms with van der Waals surface area (Å²) in [6, 6.07) is 16.9. The molecule has 10 heteroatoms. The van der Waals surface area contributed by atoms with Gasteiger partial charge in [-0.1, -0.05) is 12.1 Å². The molecule has 0 unspecified atom stereocenters. The van der Waals surface area contributed by atoms with E-state index in [1.54, 1.807) is 6.20 Å². The number of aromatic nitrogens is 2. The molecule has 10 nitrogen and oxygen atoms in total. The lowest BCUT2D eigenvalue weighted by atomic mass is 9.97. The van der Waals surface area contributed by atoms with Crippen LogP contribution >= 0.6 is 0 Å². The molecule has 4 heterocycles. The lowest BCUT2D eigenvalue weighted by Gasteiger charge is -2.40. The SMILES string of the molecule is C[C@@H]1[C@H](NC(=O)c2ccc(C3CC3)cc2)CCCN1c1cnc(C(N)=O)c(Nc2ccc(O[C@H]3C[C@H]4CC[C@@H](C3)N4C)cc2)n1. The number of ether oxygens (including phenoxy) is 1. The van der Waals surface area contributed by atoms with Crippen LogP contribution in [0.25, 0.3) is 0 Å². The van der Waals surface area contributed by atoms with Gasteiger partial charge in [-0.25, -0.2) is 9.97 Å². The van der Waals surface area contributed by atoms with Crippen molar-refractivity contribution in [1.29, 1.82) is 0 Å². The molecule has 2 aromatic carbocycles. The predicted octanol–water partition coefficient (Wildman–Crippen LogP) is 4.99. The predicted molar refractivity (Wildman–Crippen MR) is 174 cm³/mol. The van der Waals surface area contributed by atoms with Crippen LogP contribution in [0.1, 0.15) is 90.6 Å². The lowest BCUT2D eigenvalue weighted by Crippen LogP contribution is -2.54. The maximum absolute atomic E-state index is 13.1. The van der Waals surface area contributed by atoms with Crippen LogP contribution in [0.15, 0.2) is 54.7 Å². The summed E-state index contributed by atoms with van der Waals surface area (Å²) < 4.78 is 6.35. The minimum Gasteiger partial charge on any atom is -0.490 e. The first-order valence-corrected chi connectivity index (χ1v) is 16.4. The van der Waals surface area contributed by atoms with Crippen molar-refractivity contribution in [3.8, 4) is 5.75 Å². The van der Waals surface area contributed by atoms with Crippen molar-refractivity contribution in [2.24, 2.45) is 5.73 Å². The van der Waals surface area contributed by atoms with E-state index >= 15 is 0 Å². The molecule has 2 bridgehead atoms. The summed E-state index contributed by atoms with van der Waals surface area (Å²) in [5.41, 5.74) is 8.50. The van der Waals surface area contributed by atoms with Gasteiger partial charge in [0.2, 0.25) is 0 Å². The highest BCUT2D eigenvalue weighted by Crippen LogP contribution is 2.40. The molecule has 236 valence electrons. The van der Waals surface area contributed by atoms with E-state index in [1.807, 2.05) is 36.4 Å². The number of rotatable bonds is 9. The molecule has 3 saturated heterocycles. The molecule has 3 aliphatic heterocycles. The number of benzene rings is 2. The molecule has 1 aromatic heterocycles. The zero-order chi connectivity index (χ0) is 31.1. The average Bonchev–Trinajstić information content (AvgIpc) is 3.86. The van der Waals surface area contributed by atoms with Crippen molar-refractivity contribution < 1.29 is 14.3 Å². The monoisotopic (exact) mass is 609 g/mol. The molecule has 1 aliphatic carbocycles. The Morgan fingerprint density at radius 3 is 2.33 bits per heavy atom. The Balaban J connectivity index is 1.02. The van der Waals surface area contributed by atoms with Gasteiger partial charge in [-0.2, -0.15) is 0 Å². The topological polar surface area (TPSA) is 126 Å². The van der Waals surface area contributed by atoms with Crippen LogP contribution < -0.4 is 26.0 Å². The van der Waals surface area contributed by atoms with E-state index in [0.29, 0.717) is 35.2 Å². The highest BCUT2D eigenvalue weighted by Gasteiger charge is 2.39. The molecule has 4 fully saturated rings. The summed E-state index contributed by atoms with van der Waals surface area (Å²) in [4.78, 5) is 39.3. The average molecular weight is 610 g/mol. The van der Waals surface area contributed by atoms with Crippen LogP contribution in [0, 0.1) is 0 Å². The molecule has 45 heavy (non-hydrogen) atoms. The van der Waals surface area contributed by atoms with Crippen molar-refractivity contribution in [3.63, 3.8) is 0 Å². The molecule has 2 amide bonds. The minimum atomic E-state index is -0.655. The van der Waals surface area contributed by atoms with Gasteiger partial charge in [0.25, 0.3) is 11.8 Å². The number of piperidine rings is 2. The molecule has 0 radical (unpaired) electrons. The number of carbonyl (C=O) groups is 2. The van der Waals surface area contributed by atoms with Gasteiger partial charge in [-0.3, -0.25) is 9.59 Å². The van der Waals surface area contributed by atoms with Crippen molar-refractivity contribution in [1.82, 2.24) is 20.2 Å². The van der Waals surface area contributed by atoms with E-state index in [9.17, 15) is 9.59 Å². The lowest BCUT2D eigenvalue weighted by molar-refractivity contribution is 0.0662. The van der Waals surface area contributed by atoms with Gasteiger partial charge < -0.3 is 30.9 Å². The number of hydrogen-bond acceptors (Lipinski definition) is 8. The largest absolute Gasteiger partial charge is 0.490 e. The highest BCUT2D eigenvalue weighted by atomic mass is 16.5. The molecule has 4 N–H and O–H groups in total. The van der Waals surface area contributed by atoms with Crippen LogP contribution in [-0.4, -0.2) is 70.5 Å². The van der Waals surface area contributed by atoms with E-state index in [4.69, 9.17) is 15.5 Å². The van der Waals surface area contributed by atoms with Crippen molar-refractivity contribution in [3.05, 3.63) is 71.5 Å². The molecular formula is C35H43N7O3. The third-order valence-corrected chi connectivity index (χ3v) is 10.3. The normalized spacial score (nSPS) is 26.4. The van der Waals surface area contributed by atoms with Gasteiger partial charge in [-0.15, -0.1) is 0 Å². The van der Waals surface area contributed by atoms with Gasteiger partial charge in [-0.05, 0) is 113 Å². The quantitative estimate of drug-likeness (QED) is 0.310. The Labute approximate surface area is 264 Å². The zero-order valence-electron chi connectivity index (χ0n) is 26.1. The molecule has 1 saturated carbocycles. The van der Waals surface area contributed by atoms with E-state index < -0.39 is 5.91 Å². The third kappa shape index (κ3) is 6.33. The fourth-order valence-corrected chi connectivity index (χ4v) is 7.42. The van der Waals surface area contributed by atoms with Gasteiger partial charge in [0.1, 0.15) is 17.7 Å². The number of nitrogens with two attached hydrogens (primary N) is 1. The maximum Gasteiger partial charge on any atom is 0.271 e. The zero-order valence-corrected chi connectivity index (χ0v) is 26.1.